The molecule has 1 amide bonds. The molecule has 1 aromatic heterocycles. The van der Waals surface area contributed by atoms with E-state index in [-0.39, 0.29) is 24.0 Å². The summed E-state index contributed by atoms with van der Waals surface area (Å²) in [5.74, 6) is -0.658. The van der Waals surface area contributed by atoms with Crippen molar-refractivity contribution in [3.05, 3.63) is 71.0 Å². The molecule has 0 atom stereocenters. The number of carbonyl (C=O) groups excluding carboxylic acids is 1. The lowest BCUT2D eigenvalue weighted by atomic mass is 10.3. The molecule has 146 valence electrons. The highest BCUT2D eigenvalue weighted by Gasteiger charge is 2.23. The zero-order chi connectivity index (χ0) is 20.1. The van der Waals surface area contributed by atoms with Crippen molar-refractivity contribution >= 4 is 11.6 Å². The minimum atomic E-state index is -0.500. The Hall–Kier alpha value is -3.32. The van der Waals surface area contributed by atoms with E-state index in [2.05, 4.69) is 5.32 Å². The molecule has 0 saturated heterocycles. The molecule has 0 radical (unpaired) electrons. The highest BCUT2D eigenvalue weighted by atomic mass is 16.3. The number of rotatable bonds is 7. The van der Waals surface area contributed by atoms with E-state index in [0.29, 0.717) is 11.4 Å². The normalized spacial score (nSPS) is 11.0. The number of benzene rings is 2. The molecular weight excluding hydrogens is 356 g/mol. The summed E-state index contributed by atoms with van der Waals surface area (Å²) in [6, 6.07) is 18.0. The highest BCUT2D eigenvalue weighted by molar-refractivity contribution is 5.93. The largest absolute Gasteiger partial charge is 0.492 e. The third-order valence-corrected chi connectivity index (χ3v) is 4.56. The van der Waals surface area contributed by atoms with Crippen LogP contribution in [0, 0.1) is 0 Å². The van der Waals surface area contributed by atoms with Gasteiger partial charge in [0.2, 0.25) is 11.8 Å². The quantitative estimate of drug-likeness (QED) is 0.660. The van der Waals surface area contributed by atoms with Crippen molar-refractivity contribution in [2.24, 2.45) is 0 Å². The summed E-state index contributed by atoms with van der Waals surface area (Å²) in [6.07, 6.45) is 0. The average molecular weight is 380 g/mol. The van der Waals surface area contributed by atoms with Crippen LogP contribution < -0.4 is 10.9 Å². The Kier molecular flexibility index (Phi) is 5.96. The van der Waals surface area contributed by atoms with Crippen molar-refractivity contribution in [1.29, 1.82) is 0 Å². The van der Waals surface area contributed by atoms with E-state index in [1.165, 1.54) is 9.36 Å². The molecule has 2 N–H and O–H groups in total. The summed E-state index contributed by atoms with van der Waals surface area (Å²) >= 11 is 0. The van der Waals surface area contributed by atoms with Crippen LogP contribution in [0.2, 0.25) is 0 Å². The molecule has 0 spiro atoms. The maximum atomic E-state index is 13.1. The molecule has 0 aliphatic rings. The Bertz CT molecular complexity index is 990. The minimum Gasteiger partial charge on any atom is -0.492 e. The number of hydrogen-bond donors (Lipinski definition) is 2. The van der Waals surface area contributed by atoms with Crippen LogP contribution in [-0.2, 0) is 4.79 Å². The summed E-state index contributed by atoms with van der Waals surface area (Å²) < 4.78 is 2.74. The summed E-state index contributed by atoms with van der Waals surface area (Å²) in [4.78, 5) is 27.4. The first-order valence-corrected chi connectivity index (χ1v) is 9.26. The van der Waals surface area contributed by atoms with Crippen LogP contribution in [0.4, 0.5) is 5.69 Å². The van der Waals surface area contributed by atoms with Gasteiger partial charge in [-0.05, 0) is 37.4 Å². The van der Waals surface area contributed by atoms with Gasteiger partial charge in [-0.2, -0.15) is 0 Å². The number of nitrogens with zero attached hydrogens (tertiary/aromatic N) is 3. The lowest BCUT2D eigenvalue weighted by Crippen LogP contribution is -2.34. The maximum Gasteiger partial charge on any atom is 0.299 e. The number of aromatic hydroxyl groups is 1. The van der Waals surface area contributed by atoms with E-state index < -0.39 is 5.56 Å². The lowest BCUT2D eigenvalue weighted by Gasteiger charge is -2.16. The van der Waals surface area contributed by atoms with Gasteiger partial charge in [0.15, 0.2) is 5.69 Å². The number of amides is 1. The summed E-state index contributed by atoms with van der Waals surface area (Å²) in [5, 5.41) is 13.4. The van der Waals surface area contributed by atoms with E-state index in [1.807, 2.05) is 43.0 Å². The molecule has 28 heavy (non-hydrogen) atoms. The summed E-state index contributed by atoms with van der Waals surface area (Å²) in [6.45, 7) is 5.50. The number of carbonyl (C=O) groups is 1. The molecule has 1 heterocycles. The standard InChI is InChI=1S/C21H24N4O3/c1-3-23(4-2)15-18(26)22-19-20(27)24(16-11-7-5-8-12-16)25(21(19)28)17-13-9-6-10-14-17/h5-14,27H,3-4,15H2,1-2H3,(H,22,26). The predicted molar refractivity (Wildman–Crippen MR) is 109 cm³/mol. The minimum absolute atomic E-state index is 0.134. The summed E-state index contributed by atoms with van der Waals surface area (Å²) in [5.41, 5.74) is 0.548. The molecule has 0 saturated carbocycles. The van der Waals surface area contributed by atoms with Crippen LogP contribution in [0.15, 0.2) is 65.5 Å². The monoisotopic (exact) mass is 380 g/mol. The van der Waals surface area contributed by atoms with Crippen molar-refractivity contribution < 1.29 is 9.90 Å². The topological polar surface area (TPSA) is 79.5 Å². The SMILES string of the molecule is CCN(CC)CC(=O)Nc1c(O)n(-c2ccccc2)n(-c2ccccc2)c1=O. The van der Waals surface area contributed by atoms with Gasteiger partial charge in [-0.25, -0.2) is 9.36 Å². The lowest BCUT2D eigenvalue weighted by molar-refractivity contribution is -0.117. The van der Waals surface area contributed by atoms with Gasteiger partial charge in [-0.1, -0.05) is 50.2 Å². The zero-order valence-electron chi connectivity index (χ0n) is 16.0. The Balaban J connectivity index is 2.09. The van der Waals surface area contributed by atoms with Crippen molar-refractivity contribution in [2.75, 3.05) is 25.0 Å². The van der Waals surface area contributed by atoms with Gasteiger partial charge in [0.25, 0.3) is 5.56 Å². The number of anilines is 1. The number of para-hydroxylation sites is 2. The molecule has 7 nitrogen and oxygen atoms in total. The number of nitrogens with one attached hydrogen (secondary N) is 1. The number of likely N-dealkylation sites (N-methyl/N-ethyl adjacent to an activating group) is 1. The Morgan fingerprint density at radius 2 is 1.43 bits per heavy atom. The first-order valence-electron chi connectivity index (χ1n) is 9.26. The second kappa shape index (κ2) is 8.58. The van der Waals surface area contributed by atoms with Crippen LogP contribution >= 0.6 is 0 Å². The fourth-order valence-corrected chi connectivity index (χ4v) is 3.04. The van der Waals surface area contributed by atoms with Gasteiger partial charge in [0, 0.05) is 0 Å². The second-order valence-corrected chi connectivity index (χ2v) is 6.31. The Labute approximate surface area is 163 Å². The molecule has 3 aromatic rings. The third-order valence-electron chi connectivity index (χ3n) is 4.56. The van der Waals surface area contributed by atoms with Gasteiger partial charge >= 0.3 is 0 Å². The smallest absolute Gasteiger partial charge is 0.299 e. The first kappa shape index (κ1) is 19.4. The number of aromatic nitrogens is 2. The van der Waals surface area contributed by atoms with E-state index in [0.717, 1.165) is 13.1 Å². The van der Waals surface area contributed by atoms with Crippen molar-refractivity contribution in [1.82, 2.24) is 14.3 Å². The van der Waals surface area contributed by atoms with E-state index in [4.69, 9.17) is 0 Å². The second-order valence-electron chi connectivity index (χ2n) is 6.31. The Morgan fingerprint density at radius 3 is 1.93 bits per heavy atom. The van der Waals surface area contributed by atoms with Crippen LogP contribution in [0.25, 0.3) is 11.4 Å². The van der Waals surface area contributed by atoms with Crippen molar-refractivity contribution in [3.63, 3.8) is 0 Å². The maximum absolute atomic E-state index is 13.1. The van der Waals surface area contributed by atoms with Crippen molar-refractivity contribution in [3.8, 4) is 17.3 Å². The van der Waals surface area contributed by atoms with Gasteiger partial charge in [0.05, 0.1) is 17.9 Å². The number of hydrogen-bond acceptors (Lipinski definition) is 4. The summed E-state index contributed by atoms with van der Waals surface area (Å²) in [7, 11) is 0. The van der Waals surface area contributed by atoms with E-state index in [9.17, 15) is 14.7 Å². The highest BCUT2D eigenvalue weighted by Crippen LogP contribution is 2.26. The Morgan fingerprint density at radius 1 is 0.929 bits per heavy atom. The molecule has 7 heteroatoms. The predicted octanol–water partition coefficient (Wildman–Crippen LogP) is 2.61. The fraction of sp³-hybridized carbons (Fsp3) is 0.238. The average Bonchev–Trinajstić information content (AvgIpc) is 2.98. The molecule has 0 unspecified atom stereocenters. The van der Waals surface area contributed by atoms with Crippen molar-refractivity contribution in [2.45, 2.75) is 13.8 Å². The molecule has 0 aliphatic heterocycles. The molecule has 0 bridgehead atoms. The van der Waals surface area contributed by atoms with E-state index >= 15 is 0 Å². The van der Waals surface area contributed by atoms with Crippen LogP contribution in [0.5, 0.6) is 5.88 Å². The van der Waals surface area contributed by atoms with Gasteiger partial charge in [-0.3, -0.25) is 14.5 Å². The molecular formula is C21H24N4O3. The molecule has 0 aliphatic carbocycles. The molecule has 2 aromatic carbocycles. The van der Waals surface area contributed by atoms with Crippen LogP contribution in [0.3, 0.4) is 0 Å². The zero-order valence-corrected chi connectivity index (χ0v) is 16.0. The van der Waals surface area contributed by atoms with Crippen LogP contribution in [-0.4, -0.2) is 44.9 Å². The first-order chi connectivity index (χ1) is 13.6. The van der Waals surface area contributed by atoms with Gasteiger partial charge in [0.1, 0.15) is 0 Å². The van der Waals surface area contributed by atoms with Crippen LogP contribution in [0.1, 0.15) is 13.8 Å². The van der Waals surface area contributed by atoms with Gasteiger partial charge < -0.3 is 10.4 Å². The molecule has 3 rings (SSSR count). The fourth-order valence-electron chi connectivity index (χ4n) is 3.04. The third kappa shape index (κ3) is 3.84. The molecule has 0 fully saturated rings. The van der Waals surface area contributed by atoms with E-state index in [1.54, 1.807) is 36.4 Å². The van der Waals surface area contributed by atoms with Gasteiger partial charge in [-0.15, -0.1) is 0 Å².